The van der Waals surface area contributed by atoms with E-state index in [9.17, 15) is 13.2 Å². The fraction of sp³-hybridized carbons (Fsp3) is 0.444. The average Bonchev–Trinajstić information content (AvgIpc) is 2.58. The lowest BCUT2D eigenvalue weighted by molar-refractivity contribution is 0.0701. The van der Waals surface area contributed by atoms with Crippen LogP contribution in [0.1, 0.15) is 22.2 Å². The Morgan fingerprint density at radius 2 is 2.18 bits per heavy atom. The van der Waals surface area contributed by atoms with Crippen LogP contribution in [0.15, 0.2) is 10.3 Å². The summed E-state index contributed by atoms with van der Waals surface area (Å²) < 4.78 is 25.6. The molecule has 0 spiro atoms. The zero-order valence-corrected chi connectivity index (χ0v) is 10.9. The molecule has 0 saturated carbocycles. The fourth-order valence-electron chi connectivity index (χ4n) is 1.10. The number of aliphatic hydroxyl groups is 1. The first-order valence-electron chi connectivity index (χ1n) is 4.75. The molecule has 3 N–H and O–H groups in total. The lowest BCUT2D eigenvalue weighted by Crippen LogP contribution is -2.30. The van der Waals surface area contributed by atoms with Crippen LogP contribution in [0.5, 0.6) is 0 Å². The number of nitrogens with one attached hydrogen (secondary N) is 1. The van der Waals surface area contributed by atoms with Crippen molar-refractivity contribution in [3.63, 3.8) is 0 Å². The molecule has 1 rings (SSSR count). The molecule has 1 atom stereocenters. The summed E-state index contributed by atoms with van der Waals surface area (Å²) in [5.74, 6) is -1.15. The summed E-state index contributed by atoms with van der Waals surface area (Å²) in [5.41, 5.74) is 0.403. The molecule has 0 saturated heterocycles. The van der Waals surface area contributed by atoms with E-state index in [0.717, 1.165) is 0 Å². The second-order valence-corrected chi connectivity index (χ2v) is 6.63. The van der Waals surface area contributed by atoms with Crippen LogP contribution in [0.3, 0.4) is 0 Å². The van der Waals surface area contributed by atoms with Crippen molar-refractivity contribution in [2.75, 3.05) is 6.54 Å². The minimum atomic E-state index is -3.75. The summed E-state index contributed by atoms with van der Waals surface area (Å²) in [6, 6.07) is 1.30. The molecule has 96 valence electrons. The maximum atomic E-state index is 11.7. The molecule has 0 aliphatic rings. The third-order valence-corrected chi connectivity index (χ3v) is 5.05. The minimum Gasteiger partial charge on any atom is -0.477 e. The number of carboxylic acids is 1. The highest BCUT2D eigenvalue weighted by Gasteiger charge is 2.21. The Balaban J connectivity index is 3.00. The van der Waals surface area contributed by atoms with Crippen molar-refractivity contribution >= 4 is 27.3 Å². The molecule has 1 heterocycles. The van der Waals surface area contributed by atoms with Gasteiger partial charge in [-0.1, -0.05) is 0 Å². The summed E-state index contributed by atoms with van der Waals surface area (Å²) in [6.07, 6.45) is -0.801. The molecule has 0 bridgehead atoms. The molecule has 1 aromatic heterocycles. The van der Waals surface area contributed by atoms with E-state index in [2.05, 4.69) is 4.72 Å². The van der Waals surface area contributed by atoms with Crippen LogP contribution in [-0.4, -0.2) is 37.2 Å². The zero-order chi connectivity index (χ0) is 13.2. The van der Waals surface area contributed by atoms with Crippen LogP contribution in [0.4, 0.5) is 0 Å². The van der Waals surface area contributed by atoms with Crippen molar-refractivity contribution in [3.05, 3.63) is 16.5 Å². The number of hydrogen-bond donors (Lipinski definition) is 3. The highest BCUT2D eigenvalue weighted by atomic mass is 32.2. The van der Waals surface area contributed by atoms with Gasteiger partial charge in [0.2, 0.25) is 10.0 Å². The standard InChI is InChI=1S/C9H13NO5S2/c1-5-3-7(16-8(5)9(12)13)17(14,15)10-4-6(2)11/h3,6,10-11H,4H2,1-2H3,(H,12,13)/t6-/m1/s1. The minimum absolute atomic E-state index is 0.00224. The summed E-state index contributed by atoms with van der Waals surface area (Å²) in [4.78, 5) is 10.8. The Bertz CT molecular complexity index is 517. The van der Waals surface area contributed by atoms with Gasteiger partial charge in [0.05, 0.1) is 6.10 Å². The van der Waals surface area contributed by atoms with Gasteiger partial charge in [-0.3, -0.25) is 0 Å². The Hall–Kier alpha value is -0.960. The summed E-state index contributed by atoms with van der Waals surface area (Å²) in [5, 5.41) is 17.8. The average molecular weight is 279 g/mol. The molecule has 0 unspecified atom stereocenters. The Morgan fingerprint density at radius 3 is 2.59 bits per heavy atom. The lowest BCUT2D eigenvalue weighted by atomic mass is 10.3. The molecular weight excluding hydrogens is 266 g/mol. The molecule has 17 heavy (non-hydrogen) atoms. The molecular formula is C9H13NO5S2. The molecule has 1 aromatic rings. The van der Waals surface area contributed by atoms with Crippen molar-refractivity contribution in [2.24, 2.45) is 0 Å². The van der Waals surface area contributed by atoms with E-state index in [1.54, 1.807) is 0 Å². The maximum Gasteiger partial charge on any atom is 0.346 e. The van der Waals surface area contributed by atoms with Crippen LogP contribution < -0.4 is 4.72 Å². The normalized spacial score (nSPS) is 13.6. The molecule has 0 aromatic carbocycles. The molecule has 8 heteroatoms. The van der Waals surface area contributed by atoms with Gasteiger partial charge in [-0.2, -0.15) is 0 Å². The van der Waals surface area contributed by atoms with Gasteiger partial charge in [-0.15, -0.1) is 11.3 Å². The number of hydrogen-bond acceptors (Lipinski definition) is 5. The Morgan fingerprint density at radius 1 is 1.59 bits per heavy atom. The van der Waals surface area contributed by atoms with E-state index < -0.39 is 22.1 Å². The van der Waals surface area contributed by atoms with E-state index in [0.29, 0.717) is 16.9 Å². The predicted molar refractivity (Wildman–Crippen MR) is 62.9 cm³/mol. The monoisotopic (exact) mass is 279 g/mol. The van der Waals surface area contributed by atoms with Crippen LogP contribution in [0.2, 0.25) is 0 Å². The van der Waals surface area contributed by atoms with Crippen molar-refractivity contribution < 1.29 is 23.4 Å². The third kappa shape index (κ3) is 3.50. The number of thiophene rings is 1. The van der Waals surface area contributed by atoms with E-state index in [-0.39, 0.29) is 15.6 Å². The second kappa shape index (κ2) is 5.13. The van der Waals surface area contributed by atoms with Crippen LogP contribution in [-0.2, 0) is 10.0 Å². The number of carbonyl (C=O) groups is 1. The topological polar surface area (TPSA) is 104 Å². The quantitative estimate of drug-likeness (QED) is 0.724. The largest absolute Gasteiger partial charge is 0.477 e. The first-order chi connectivity index (χ1) is 7.74. The number of carboxylic acid groups (broad SMARTS) is 1. The van der Waals surface area contributed by atoms with Crippen molar-refractivity contribution in [1.82, 2.24) is 4.72 Å². The van der Waals surface area contributed by atoms with Crippen molar-refractivity contribution in [1.29, 1.82) is 0 Å². The predicted octanol–water partition coefficient (Wildman–Crippen LogP) is 0.414. The smallest absolute Gasteiger partial charge is 0.346 e. The molecule has 0 radical (unpaired) electrons. The summed E-state index contributed by atoms with van der Waals surface area (Å²) in [6.45, 7) is 2.88. The number of aromatic carboxylic acids is 1. The van der Waals surface area contributed by atoms with Crippen LogP contribution >= 0.6 is 11.3 Å². The number of sulfonamides is 1. The van der Waals surface area contributed by atoms with Gasteiger partial charge in [-0.05, 0) is 25.5 Å². The highest BCUT2D eigenvalue weighted by Crippen LogP contribution is 2.25. The molecule has 0 amide bonds. The molecule has 0 aliphatic carbocycles. The number of aliphatic hydroxyl groups excluding tert-OH is 1. The van der Waals surface area contributed by atoms with E-state index in [1.165, 1.54) is 19.9 Å². The van der Waals surface area contributed by atoms with Gasteiger partial charge in [0, 0.05) is 6.54 Å². The zero-order valence-electron chi connectivity index (χ0n) is 9.30. The van der Waals surface area contributed by atoms with E-state index in [1.807, 2.05) is 0 Å². The van der Waals surface area contributed by atoms with E-state index >= 15 is 0 Å². The molecule has 0 aliphatic heterocycles. The van der Waals surface area contributed by atoms with Gasteiger partial charge in [0.1, 0.15) is 9.09 Å². The summed E-state index contributed by atoms with van der Waals surface area (Å²) >= 11 is 0.695. The SMILES string of the molecule is Cc1cc(S(=O)(=O)NC[C@@H](C)O)sc1C(=O)O. The molecule has 6 nitrogen and oxygen atoms in total. The van der Waals surface area contributed by atoms with Gasteiger partial charge < -0.3 is 10.2 Å². The highest BCUT2D eigenvalue weighted by molar-refractivity contribution is 7.91. The van der Waals surface area contributed by atoms with Crippen LogP contribution in [0, 0.1) is 6.92 Å². The van der Waals surface area contributed by atoms with E-state index in [4.69, 9.17) is 10.2 Å². The summed E-state index contributed by atoms with van der Waals surface area (Å²) in [7, 11) is -3.75. The van der Waals surface area contributed by atoms with Gasteiger partial charge in [0.25, 0.3) is 0 Å². The fourth-order valence-corrected chi connectivity index (χ4v) is 3.64. The van der Waals surface area contributed by atoms with Crippen LogP contribution in [0.25, 0.3) is 0 Å². The Kier molecular flexibility index (Phi) is 4.26. The lowest BCUT2D eigenvalue weighted by Gasteiger charge is -2.05. The first kappa shape index (κ1) is 14.1. The Labute approximate surface area is 103 Å². The van der Waals surface area contributed by atoms with Crippen molar-refractivity contribution in [2.45, 2.75) is 24.2 Å². The maximum absolute atomic E-state index is 11.7. The van der Waals surface area contributed by atoms with Gasteiger partial charge in [-0.25, -0.2) is 17.9 Å². The number of aryl methyl sites for hydroxylation is 1. The number of rotatable bonds is 5. The van der Waals surface area contributed by atoms with Gasteiger partial charge in [0.15, 0.2) is 0 Å². The van der Waals surface area contributed by atoms with Crippen molar-refractivity contribution in [3.8, 4) is 0 Å². The molecule has 0 fully saturated rings. The van der Waals surface area contributed by atoms with Gasteiger partial charge >= 0.3 is 5.97 Å². The third-order valence-electron chi connectivity index (χ3n) is 1.92. The second-order valence-electron chi connectivity index (χ2n) is 3.58. The first-order valence-corrected chi connectivity index (χ1v) is 7.05.